The van der Waals surface area contributed by atoms with Gasteiger partial charge in [-0.25, -0.2) is 0 Å². The lowest BCUT2D eigenvalue weighted by atomic mass is 10.1. The van der Waals surface area contributed by atoms with Crippen molar-refractivity contribution in [1.82, 2.24) is 4.98 Å². The Hall–Kier alpha value is -1.16. The fourth-order valence-corrected chi connectivity index (χ4v) is 1.44. The van der Waals surface area contributed by atoms with Crippen LogP contribution in [-0.2, 0) is 6.42 Å². The van der Waals surface area contributed by atoms with Crippen LogP contribution in [0, 0.1) is 17.0 Å². The first-order chi connectivity index (χ1) is 7.04. The third kappa shape index (κ3) is 3.16. The van der Waals surface area contributed by atoms with Crippen molar-refractivity contribution in [1.29, 1.82) is 0 Å². The first-order valence-electron chi connectivity index (χ1n) is 4.78. The normalized spacial score (nSPS) is 12.5. The Labute approximate surface area is 93.4 Å². The number of nitro groups is 1. The smallest absolute Gasteiger partial charge is 0.258 e. The number of aryl methyl sites for hydroxylation is 1. The number of hydrogen-bond acceptors (Lipinski definition) is 3. The van der Waals surface area contributed by atoms with Gasteiger partial charge in [-0.15, -0.1) is 11.6 Å². The van der Waals surface area contributed by atoms with Gasteiger partial charge in [-0.1, -0.05) is 6.92 Å². The molecule has 1 unspecified atom stereocenters. The van der Waals surface area contributed by atoms with E-state index in [9.17, 15) is 10.1 Å². The number of aromatic nitrogens is 1. The number of nitrogens with zero attached hydrogens (tertiary/aromatic N) is 2. The van der Waals surface area contributed by atoms with E-state index in [1.54, 1.807) is 13.0 Å². The lowest BCUT2D eigenvalue weighted by molar-refractivity contribution is -0.385. The minimum absolute atomic E-state index is 0.0401. The monoisotopic (exact) mass is 228 g/mol. The molecule has 0 aliphatic carbocycles. The zero-order chi connectivity index (χ0) is 11.4. The molecule has 4 nitrogen and oxygen atoms in total. The van der Waals surface area contributed by atoms with Gasteiger partial charge in [0.05, 0.1) is 4.92 Å². The van der Waals surface area contributed by atoms with Crippen molar-refractivity contribution in [2.24, 2.45) is 0 Å². The molecule has 1 heterocycles. The van der Waals surface area contributed by atoms with Crippen molar-refractivity contribution in [2.45, 2.75) is 32.1 Å². The van der Waals surface area contributed by atoms with Gasteiger partial charge in [-0.3, -0.25) is 15.1 Å². The first kappa shape index (κ1) is 11.9. The predicted molar refractivity (Wildman–Crippen MR) is 59.3 cm³/mol. The van der Waals surface area contributed by atoms with E-state index in [-0.39, 0.29) is 11.1 Å². The summed E-state index contributed by atoms with van der Waals surface area (Å²) >= 11 is 5.98. The molecule has 0 spiro atoms. The summed E-state index contributed by atoms with van der Waals surface area (Å²) in [5.41, 5.74) is 1.49. The molecular formula is C10H13ClN2O2. The van der Waals surface area contributed by atoms with E-state index >= 15 is 0 Å². The van der Waals surface area contributed by atoms with Crippen LogP contribution < -0.4 is 0 Å². The molecule has 1 atom stereocenters. The molecule has 0 radical (unpaired) electrons. The zero-order valence-electron chi connectivity index (χ0n) is 8.74. The Kier molecular flexibility index (Phi) is 4.03. The summed E-state index contributed by atoms with van der Waals surface area (Å²) in [6.07, 6.45) is 2.81. The van der Waals surface area contributed by atoms with E-state index in [0.717, 1.165) is 12.1 Å². The summed E-state index contributed by atoms with van der Waals surface area (Å²) in [4.78, 5) is 14.1. The number of pyridine rings is 1. The molecule has 0 aliphatic rings. The molecule has 1 aromatic heterocycles. The van der Waals surface area contributed by atoms with E-state index in [4.69, 9.17) is 11.6 Å². The van der Waals surface area contributed by atoms with Crippen LogP contribution >= 0.6 is 11.6 Å². The molecule has 1 aromatic rings. The van der Waals surface area contributed by atoms with Gasteiger partial charge in [-0.2, -0.15) is 0 Å². The maximum atomic E-state index is 10.6. The van der Waals surface area contributed by atoms with Crippen LogP contribution in [0.15, 0.2) is 12.3 Å². The quantitative estimate of drug-likeness (QED) is 0.452. The highest BCUT2D eigenvalue weighted by Gasteiger charge is 2.12. The molecule has 0 N–H and O–H groups in total. The van der Waals surface area contributed by atoms with Crippen molar-refractivity contribution in [2.75, 3.05) is 0 Å². The maximum absolute atomic E-state index is 10.6. The third-order valence-electron chi connectivity index (χ3n) is 2.21. The Morgan fingerprint density at radius 2 is 2.33 bits per heavy atom. The molecule has 0 amide bonds. The standard InChI is InChI=1S/C10H13ClN2O2/c1-3-8(11)5-9-4-7(2)10(6-12-9)13(14)15/h4,6,8H,3,5H2,1-2H3. The number of hydrogen-bond donors (Lipinski definition) is 0. The van der Waals surface area contributed by atoms with Crippen LogP contribution in [-0.4, -0.2) is 15.3 Å². The fourth-order valence-electron chi connectivity index (χ4n) is 1.28. The summed E-state index contributed by atoms with van der Waals surface area (Å²) in [6, 6.07) is 1.73. The third-order valence-corrected chi connectivity index (χ3v) is 2.67. The van der Waals surface area contributed by atoms with Crippen LogP contribution in [0.4, 0.5) is 5.69 Å². The Balaban J connectivity index is 2.87. The van der Waals surface area contributed by atoms with E-state index < -0.39 is 4.92 Å². The van der Waals surface area contributed by atoms with Gasteiger partial charge in [0.15, 0.2) is 0 Å². The summed E-state index contributed by atoms with van der Waals surface area (Å²) in [5, 5.41) is 10.6. The Bertz CT molecular complexity index is 368. The van der Waals surface area contributed by atoms with E-state index in [2.05, 4.69) is 4.98 Å². The van der Waals surface area contributed by atoms with Gasteiger partial charge in [0.2, 0.25) is 0 Å². The van der Waals surface area contributed by atoms with Crippen LogP contribution in [0.25, 0.3) is 0 Å². The SMILES string of the molecule is CCC(Cl)Cc1cc(C)c([N+](=O)[O-])cn1. The van der Waals surface area contributed by atoms with Crippen molar-refractivity contribution in [3.05, 3.63) is 33.6 Å². The molecule has 1 rings (SSSR count). The van der Waals surface area contributed by atoms with Gasteiger partial charge in [0.1, 0.15) is 6.20 Å². The second kappa shape index (κ2) is 5.07. The molecule has 0 aliphatic heterocycles. The van der Waals surface area contributed by atoms with Crippen LogP contribution in [0.1, 0.15) is 24.6 Å². The zero-order valence-corrected chi connectivity index (χ0v) is 9.49. The predicted octanol–water partition coefficient (Wildman–Crippen LogP) is 2.86. The number of halogens is 1. The van der Waals surface area contributed by atoms with E-state index in [1.807, 2.05) is 6.92 Å². The largest absolute Gasteiger partial charge is 0.290 e. The molecule has 82 valence electrons. The Morgan fingerprint density at radius 3 is 2.80 bits per heavy atom. The van der Waals surface area contributed by atoms with E-state index in [0.29, 0.717) is 12.0 Å². The van der Waals surface area contributed by atoms with Gasteiger partial charge in [0.25, 0.3) is 5.69 Å². The van der Waals surface area contributed by atoms with E-state index in [1.165, 1.54) is 6.20 Å². The molecule has 5 heteroatoms. The van der Waals surface area contributed by atoms with Crippen LogP contribution in [0.5, 0.6) is 0 Å². The maximum Gasteiger partial charge on any atom is 0.290 e. The van der Waals surface area contributed by atoms with Crippen molar-refractivity contribution < 1.29 is 4.92 Å². The minimum atomic E-state index is -0.426. The van der Waals surface area contributed by atoms with Crippen molar-refractivity contribution in [3.8, 4) is 0 Å². The summed E-state index contributed by atoms with van der Waals surface area (Å²) in [5.74, 6) is 0. The average molecular weight is 229 g/mol. The molecule has 0 saturated carbocycles. The average Bonchev–Trinajstić information content (AvgIpc) is 2.17. The molecule has 0 fully saturated rings. The van der Waals surface area contributed by atoms with Gasteiger partial charge >= 0.3 is 0 Å². The summed E-state index contributed by atoms with van der Waals surface area (Å²) in [7, 11) is 0. The molecule has 0 aromatic carbocycles. The Morgan fingerprint density at radius 1 is 1.67 bits per heavy atom. The lowest BCUT2D eigenvalue weighted by Gasteiger charge is -2.06. The summed E-state index contributed by atoms with van der Waals surface area (Å²) < 4.78 is 0. The van der Waals surface area contributed by atoms with Crippen LogP contribution in [0.2, 0.25) is 0 Å². The fraction of sp³-hybridized carbons (Fsp3) is 0.500. The highest BCUT2D eigenvalue weighted by Crippen LogP contribution is 2.18. The van der Waals surface area contributed by atoms with Gasteiger partial charge in [-0.05, 0) is 19.4 Å². The highest BCUT2D eigenvalue weighted by atomic mass is 35.5. The molecular weight excluding hydrogens is 216 g/mol. The highest BCUT2D eigenvalue weighted by molar-refractivity contribution is 6.20. The molecule has 0 bridgehead atoms. The second-order valence-corrected chi connectivity index (χ2v) is 4.05. The second-order valence-electron chi connectivity index (χ2n) is 3.43. The van der Waals surface area contributed by atoms with Crippen molar-refractivity contribution >= 4 is 17.3 Å². The minimum Gasteiger partial charge on any atom is -0.258 e. The molecule has 15 heavy (non-hydrogen) atoms. The van der Waals surface area contributed by atoms with Gasteiger partial charge < -0.3 is 0 Å². The lowest BCUT2D eigenvalue weighted by Crippen LogP contribution is -2.04. The van der Waals surface area contributed by atoms with Crippen molar-refractivity contribution in [3.63, 3.8) is 0 Å². The van der Waals surface area contributed by atoms with Gasteiger partial charge in [0, 0.05) is 23.1 Å². The summed E-state index contributed by atoms with van der Waals surface area (Å²) in [6.45, 7) is 3.70. The van der Waals surface area contributed by atoms with Crippen LogP contribution in [0.3, 0.4) is 0 Å². The first-order valence-corrected chi connectivity index (χ1v) is 5.22. The topological polar surface area (TPSA) is 56.0 Å². The molecule has 0 saturated heterocycles. The number of rotatable bonds is 4. The number of alkyl halides is 1.